The molecule has 0 bridgehead atoms. The monoisotopic (exact) mass is 264 g/mol. The van der Waals surface area contributed by atoms with Gasteiger partial charge in [0.1, 0.15) is 11.6 Å². The van der Waals surface area contributed by atoms with Crippen LogP contribution >= 0.6 is 11.6 Å². The van der Waals surface area contributed by atoms with Gasteiger partial charge in [-0.2, -0.15) is 0 Å². The quantitative estimate of drug-likeness (QED) is 0.787. The summed E-state index contributed by atoms with van der Waals surface area (Å²) < 4.78 is 18.3. The third-order valence-corrected chi connectivity index (χ3v) is 2.66. The zero-order chi connectivity index (χ0) is 13.0. The minimum Gasteiger partial charge on any atom is -0.485 e. The maximum atomic E-state index is 13.1. The normalized spacial score (nSPS) is 10.1. The van der Waals surface area contributed by atoms with E-state index in [-0.39, 0.29) is 23.2 Å². The lowest BCUT2D eigenvalue weighted by Crippen LogP contribution is -2.11. The summed E-state index contributed by atoms with van der Waals surface area (Å²) in [5.41, 5.74) is 0.562. The first-order valence-electron chi connectivity index (χ1n) is 5.33. The molecule has 2 aromatic rings. The number of halogens is 2. The number of ketones is 1. The molecule has 0 amide bonds. The second-order valence-corrected chi connectivity index (χ2v) is 4.06. The van der Waals surface area contributed by atoms with E-state index in [1.807, 2.05) is 6.07 Å². The molecule has 0 aromatic heterocycles. The van der Waals surface area contributed by atoms with Gasteiger partial charge in [-0.05, 0) is 12.1 Å². The van der Waals surface area contributed by atoms with Gasteiger partial charge in [0.05, 0.1) is 5.02 Å². The van der Waals surface area contributed by atoms with Crippen LogP contribution in [0.4, 0.5) is 4.39 Å². The summed E-state index contributed by atoms with van der Waals surface area (Å²) in [6.45, 7) is -0.134. The highest BCUT2D eigenvalue weighted by atomic mass is 35.5. The fourth-order valence-corrected chi connectivity index (χ4v) is 1.54. The lowest BCUT2D eigenvalue weighted by Gasteiger charge is -2.06. The summed E-state index contributed by atoms with van der Waals surface area (Å²) in [5, 5.41) is 0.0248. The molecule has 0 saturated heterocycles. The van der Waals surface area contributed by atoms with E-state index >= 15 is 0 Å². The number of hydrogen-bond donors (Lipinski definition) is 0. The predicted octanol–water partition coefficient (Wildman–Crippen LogP) is 3.74. The zero-order valence-electron chi connectivity index (χ0n) is 9.40. The van der Waals surface area contributed by atoms with Crippen LogP contribution in [-0.4, -0.2) is 12.4 Å². The van der Waals surface area contributed by atoms with Crippen LogP contribution in [0.2, 0.25) is 5.02 Å². The Morgan fingerprint density at radius 3 is 2.56 bits per heavy atom. The lowest BCUT2D eigenvalue weighted by atomic mass is 10.1. The molecule has 18 heavy (non-hydrogen) atoms. The minimum absolute atomic E-state index is 0.0248. The molecular weight excluding hydrogens is 255 g/mol. The van der Waals surface area contributed by atoms with Crippen LogP contribution < -0.4 is 4.74 Å². The van der Waals surface area contributed by atoms with Crippen molar-refractivity contribution < 1.29 is 13.9 Å². The van der Waals surface area contributed by atoms with Crippen molar-refractivity contribution in [3.63, 3.8) is 0 Å². The van der Waals surface area contributed by atoms with E-state index in [1.54, 1.807) is 24.3 Å². The molecular formula is C14H10ClFO2. The Kier molecular flexibility index (Phi) is 3.95. The number of carbonyl (C=O) groups excluding carboxylic acids is 1. The molecule has 0 atom stereocenters. The summed E-state index contributed by atoms with van der Waals surface area (Å²) in [6, 6.07) is 12.8. The first-order valence-corrected chi connectivity index (χ1v) is 5.71. The fourth-order valence-electron chi connectivity index (χ4n) is 1.42. The highest BCUT2D eigenvalue weighted by molar-refractivity contribution is 6.30. The van der Waals surface area contributed by atoms with Crippen molar-refractivity contribution in [2.45, 2.75) is 0 Å². The van der Waals surface area contributed by atoms with Crippen molar-refractivity contribution in [3.8, 4) is 5.75 Å². The molecule has 0 aliphatic carbocycles. The number of carbonyl (C=O) groups is 1. The smallest absolute Gasteiger partial charge is 0.200 e. The highest BCUT2D eigenvalue weighted by Gasteiger charge is 2.07. The van der Waals surface area contributed by atoms with Crippen molar-refractivity contribution in [2.24, 2.45) is 0 Å². The van der Waals surface area contributed by atoms with Crippen LogP contribution in [-0.2, 0) is 0 Å². The third kappa shape index (κ3) is 3.08. The summed E-state index contributed by atoms with van der Waals surface area (Å²) in [4.78, 5) is 11.7. The van der Waals surface area contributed by atoms with Crippen LogP contribution in [0.25, 0.3) is 0 Å². The van der Waals surface area contributed by atoms with Gasteiger partial charge in [0.25, 0.3) is 0 Å². The van der Waals surface area contributed by atoms with Gasteiger partial charge in [-0.15, -0.1) is 0 Å². The Labute approximate surface area is 109 Å². The van der Waals surface area contributed by atoms with Crippen molar-refractivity contribution >= 4 is 17.4 Å². The van der Waals surface area contributed by atoms with Crippen molar-refractivity contribution in [3.05, 3.63) is 64.9 Å². The number of ether oxygens (including phenoxy) is 1. The minimum atomic E-state index is -0.568. The topological polar surface area (TPSA) is 26.3 Å². The highest BCUT2D eigenvalue weighted by Crippen LogP contribution is 2.20. The Balaban J connectivity index is 1.99. The average Bonchev–Trinajstić information content (AvgIpc) is 2.41. The average molecular weight is 265 g/mol. The number of rotatable bonds is 4. The predicted molar refractivity (Wildman–Crippen MR) is 67.7 cm³/mol. The fraction of sp³-hybridized carbons (Fsp3) is 0.0714. The second kappa shape index (κ2) is 5.65. The van der Waals surface area contributed by atoms with Gasteiger partial charge in [-0.25, -0.2) is 4.39 Å². The van der Waals surface area contributed by atoms with E-state index in [0.29, 0.717) is 5.56 Å². The molecule has 0 N–H and O–H groups in total. The van der Waals surface area contributed by atoms with E-state index in [1.165, 1.54) is 12.1 Å². The van der Waals surface area contributed by atoms with Crippen molar-refractivity contribution in [1.29, 1.82) is 0 Å². The van der Waals surface area contributed by atoms with Gasteiger partial charge in [0.2, 0.25) is 0 Å². The maximum absolute atomic E-state index is 13.1. The van der Waals surface area contributed by atoms with Crippen LogP contribution in [0, 0.1) is 5.82 Å². The summed E-state index contributed by atoms with van der Waals surface area (Å²) in [5.74, 6) is -0.450. The van der Waals surface area contributed by atoms with Crippen LogP contribution in [0.5, 0.6) is 5.75 Å². The Morgan fingerprint density at radius 2 is 1.89 bits per heavy atom. The van der Waals surface area contributed by atoms with E-state index in [2.05, 4.69) is 0 Å². The van der Waals surface area contributed by atoms with Crippen LogP contribution in [0.3, 0.4) is 0 Å². The molecule has 0 aliphatic rings. The van der Waals surface area contributed by atoms with Gasteiger partial charge in [-0.1, -0.05) is 41.9 Å². The first kappa shape index (κ1) is 12.6. The SMILES string of the molecule is O=C(COc1ccc(Cl)c(F)c1)c1ccccc1. The number of benzene rings is 2. The summed E-state index contributed by atoms with van der Waals surface area (Å²) >= 11 is 5.54. The van der Waals surface area contributed by atoms with Gasteiger partial charge in [0.15, 0.2) is 12.4 Å². The Hall–Kier alpha value is -1.87. The standard InChI is InChI=1S/C14H10ClFO2/c15-12-7-6-11(8-13(12)16)18-9-14(17)10-4-2-1-3-5-10/h1-8H,9H2. The molecule has 0 fully saturated rings. The molecule has 4 heteroatoms. The van der Waals surface area contributed by atoms with E-state index in [9.17, 15) is 9.18 Å². The molecule has 0 saturated carbocycles. The van der Waals surface area contributed by atoms with Crippen molar-refractivity contribution in [1.82, 2.24) is 0 Å². The molecule has 0 heterocycles. The van der Waals surface area contributed by atoms with E-state index in [4.69, 9.17) is 16.3 Å². The van der Waals surface area contributed by atoms with E-state index in [0.717, 1.165) is 6.07 Å². The number of hydrogen-bond acceptors (Lipinski definition) is 2. The Bertz CT molecular complexity index is 555. The largest absolute Gasteiger partial charge is 0.485 e. The van der Waals surface area contributed by atoms with Gasteiger partial charge in [0, 0.05) is 11.6 Å². The van der Waals surface area contributed by atoms with E-state index < -0.39 is 5.82 Å². The second-order valence-electron chi connectivity index (χ2n) is 3.65. The zero-order valence-corrected chi connectivity index (χ0v) is 10.2. The molecule has 92 valence electrons. The lowest BCUT2D eigenvalue weighted by molar-refractivity contribution is 0.0921. The number of Topliss-reactive ketones (excluding diaryl/α,β-unsaturated/α-hetero) is 1. The van der Waals surface area contributed by atoms with Gasteiger partial charge in [-0.3, -0.25) is 4.79 Å². The molecule has 0 spiro atoms. The van der Waals surface area contributed by atoms with Crippen LogP contribution in [0.1, 0.15) is 10.4 Å². The van der Waals surface area contributed by atoms with Crippen molar-refractivity contribution in [2.75, 3.05) is 6.61 Å². The summed E-state index contributed by atoms with van der Waals surface area (Å²) in [6.07, 6.45) is 0. The maximum Gasteiger partial charge on any atom is 0.200 e. The summed E-state index contributed by atoms with van der Waals surface area (Å²) in [7, 11) is 0. The van der Waals surface area contributed by atoms with Gasteiger partial charge < -0.3 is 4.74 Å². The third-order valence-electron chi connectivity index (χ3n) is 2.36. The molecule has 2 aromatic carbocycles. The molecule has 0 radical (unpaired) electrons. The first-order chi connectivity index (χ1) is 8.66. The van der Waals surface area contributed by atoms with Gasteiger partial charge >= 0.3 is 0 Å². The molecule has 0 aliphatic heterocycles. The molecule has 2 rings (SSSR count). The van der Waals surface area contributed by atoms with Crippen LogP contribution in [0.15, 0.2) is 48.5 Å². The molecule has 2 nitrogen and oxygen atoms in total. The molecule has 0 unspecified atom stereocenters. The Morgan fingerprint density at radius 1 is 1.17 bits per heavy atom.